The van der Waals surface area contributed by atoms with Crippen molar-refractivity contribution in [2.75, 3.05) is 18.5 Å². The third kappa shape index (κ3) is 2.82. The highest BCUT2D eigenvalue weighted by molar-refractivity contribution is 6.10. The lowest BCUT2D eigenvalue weighted by Crippen LogP contribution is -2.64. The standard InChI is InChI=1S/C23H31N5O2/c1-13(2)11-12-26-21(29)19-20(25(7)23(26)30)24-22-27(16(5)17(6)28(19)22)18-10-8-9-14(3)15(18)4/h8-10,13,19-20H,11-12H2,1-7H3. The molecule has 0 radical (unpaired) electrons. The zero-order valence-electron chi connectivity index (χ0n) is 18.9. The van der Waals surface area contributed by atoms with Crippen LogP contribution >= 0.6 is 0 Å². The number of rotatable bonds is 4. The summed E-state index contributed by atoms with van der Waals surface area (Å²) in [6.45, 7) is 12.9. The molecule has 0 spiro atoms. The molecule has 160 valence electrons. The van der Waals surface area contributed by atoms with Crippen molar-refractivity contribution in [1.82, 2.24) is 14.7 Å². The van der Waals surface area contributed by atoms with Gasteiger partial charge in [-0.15, -0.1) is 0 Å². The van der Waals surface area contributed by atoms with Crippen LogP contribution in [0.5, 0.6) is 0 Å². The lowest BCUT2D eigenvalue weighted by Gasteiger charge is -2.41. The number of likely N-dealkylation sites (N-methyl/N-ethyl adjacent to an activating group) is 1. The first-order chi connectivity index (χ1) is 14.1. The quantitative estimate of drug-likeness (QED) is 0.761. The van der Waals surface area contributed by atoms with Gasteiger partial charge in [-0.25, -0.2) is 9.79 Å². The van der Waals surface area contributed by atoms with Crippen molar-refractivity contribution < 1.29 is 9.59 Å². The summed E-state index contributed by atoms with van der Waals surface area (Å²) in [5, 5.41) is 0. The number of fused-ring (bicyclic) bond motifs is 3. The number of urea groups is 1. The van der Waals surface area contributed by atoms with E-state index in [1.165, 1.54) is 16.0 Å². The average Bonchev–Trinajstić information content (AvgIpc) is 3.18. The number of guanidine groups is 1. The van der Waals surface area contributed by atoms with Crippen molar-refractivity contribution in [2.24, 2.45) is 10.9 Å². The molecular formula is C23H31N5O2. The summed E-state index contributed by atoms with van der Waals surface area (Å²) in [6, 6.07) is 5.44. The highest BCUT2D eigenvalue weighted by Gasteiger charge is 2.55. The molecule has 1 saturated heterocycles. The molecular weight excluding hydrogens is 378 g/mol. The van der Waals surface area contributed by atoms with Crippen LogP contribution < -0.4 is 4.90 Å². The number of amides is 3. The zero-order chi connectivity index (χ0) is 21.9. The van der Waals surface area contributed by atoms with E-state index in [1.807, 2.05) is 17.9 Å². The summed E-state index contributed by atoms with van der Waals surface area (Å²) >= 11 is 0. The summed E-state index contributed by atoms with van der Waals surface area (Å²) < 4.78 is 0. The Morgan fingerprint density at radius 3 is 2.43 bits per heavy atom. The van der Waals surface area contributed by atoms with E-state index in [4.69, 9.17) is 4.99 Å². The number of aryl methyl sites for hydroxylation is 1. The molecule has 2 atom stereocenters. The highest BCUT2D eigenvalue weighted by Crippen LogP contribution is 2.41. The van der Waals surface area contributed by atoms with E-state index in [-0.39, 0.29) is 11.9 Å². The Kier molecular flexibility index (Phi) is 4.87. The van der Waals surface area contributed by atoms with Crippen LogP contribution in [0.25, 0.3) is 0 Å². The maximum Gasteiger partial charge on any atom is 0.328 e. The Hall–Kier alpha value is -2.83. The number of aliphatic imine (C=N–C) groups is 1. The Morgan fingerprint density at radius 2 is 1.77 bits per heavy atom. The van der Waals surface area contributed by atoms with Gasteiger partial charge in [0.25, 0.3) is 5.91 Å². The first kappa shape index (κ1) is 20.4. The second-order valence-electron chi connectivity index (χ2n) is 8.95. The van der Waals surface area contributed by atoms with E-state index in [0.717, 1.165) is 29.5 Å². The van der Waals surface area contributed by atoms with Crippen LogP contribution in [0.1, 0.15) is 45.2 Å². The lowest BCUT2D eigenvalue weighted by atomic mass is 10.1. The van der Waals surface area contributed by atoms with E-state index in [9.17, 15) is 9.59 Å². The van der Waals surface area contributed by atoms with Crippen LogP contribution in [0.2, 0.25) is 0 Å². The van der Waals surface area contributed by atoms with Crippen LogP contribution in [-0.4, -0.2) is 58.4 Å². The third-order valence-electron chi connectivity index (χ3n) is 6.64. The number of carbonyl (C=O) groups excluding carboxylic acids is 2. The average molecular weight is 410 g/mol. The van der Waals surface area contributed by atoms with Gasteiger partial charge in [-0.1, -0.05) is 26.0 Å². The van der Waals surface area contributed by atoms with Crippen LogP contribution in [0.3, 0.4) is 0 Å². The van der Waals surface area contributed by atoms with Gasteiger partial charge >= 0.3 is 6.03 Å². The fourth-order valence-electron chi connectivity index (χ4n) is 4.47. The van der Waals surface area contributed by atoms with Gasteiger partial charge in [-0.2, -0.15) is 0 Å². The molecule has 0 bridgehead atoms. The van der Waals surface area contributed by atoms with Crippen molar-refractivity contribution in [3.05, 3.63) is 40.7 Å². The maximum absolute atomic E-state index is 13.5. The SMILES string of the molecule is CC1=C(C)N2C(=NC3C2C(=O)N(CCC(C)C)C(=O)N3C)N1c1cccc(C)c1C. The van der Waals surface area contributed by atoms with Gasteiger partial charge in [0.05, 0.1) is 5.69 Å². The smallest absolute Gasteiger partial charge is 0.302 e. The third-order valence-corrected chi connectivity index (χ3v) is 6.64. The Bertz CT molecular complexity index is 980. The summed E-state index contributed by atoms with van der Waals surface area (Å²) in [6.07, 6.45) is 0.282. The molecule has 3 amide bonds. The molecule has 0 N–H and O–H groups in total. The first-order valence-electron chi connectivity index (χ1n) is 10.6. The predicted molar refractivity (Wildman–Crippen MR) is 118 cm³/mol. The van der Waals surface area contributed by atoms with E-state index in [1.54, 1.807) is 11.9 Å². The molecule has 3 aliphatic heterocycles. The number of hydrogen-bond donors (Lipinski definition) is 0. The minimum absolute atomic E-state index is 0.155. The van der Waals surface area contributed by atoms with Crippen molar-refractivity contribution in [1.29, 1.82) is 0 Å². The minimum atomic E-state index is -0.514. The number of hydrogen-bond acceptors (Lipinski definition) is 5. The van der Waals surface area contributed by atoms with E-state index in [2.05, 4.69) is 51.7 Å². The molecule has 3 heterocycles. The molecule has 1 aromatic rings. The van der Waals surface area contributed by atoms with Gasteiger partial charge < -0.3 is 4.90 Å². The molecule has 1 fully saturated rings. The van der Waals surface area contributed by atoms with Crippen molar-refractivity contribution in [3.63, 3.8) is 0 Å². The minimum Gasteiger partial charge on any atom is -0.302 e. The topological polar surface area (TPSA) is 59.5 Å². The van der Waals surface area contributed by atoms with Gasteiger partial charge in [0.15, 0.2) is 12.2 Å². The summed E-state index contributed by atoms with van der Waals surface area (Å²) in [5.74, 6) is 0.990. The highest BCUT2D eigenvalue weighted by atomic mass is 16.2. The summed E-state index contributed by atoms with van der Waals surface area (Å²) in [4.78, 5) is 38.4. The molecule has 7 heteroatoms. The van der Waals surface area contributed by atoms with Crippen LogP contribution in [-0.2, 0) is 4.79 Å². The van der Waals surface area contributed by atoms with E-state index < -0.39 is 12.2 Å². The Balaban J connectivity index is 1.75. The first-order valence-corrected chi connectivity index (χ1v) is 10.6. The van der Waals surface area contributed by atoms with Gasteiger partial charge in [0.2, 0.25) is 5.96 Å². The van der Waals surface area contributed by atoms with Crippen molar-refractivity contribution in [3.8, 4) is 0 Å². The maximum atomic E-state index is 13.5. The van der Waals surface area contributed by atoms with Crippen molar-refractivity contribution >= 4 is 23.6 Å². The molecule has 1 aromatic carbocycles. The van der Waals surface area contributed by atoms with Crippen LogP contribution in [0.15, 0.2) is 34.6 Å². The van der Waals surface area contributed by atoms with Crippen molar-refractivity contribution in [2.45, 2.75) is 60.2 Å². The summed E-state index contributed by atoms with van der Waals surface area (Å²) in [5.41, 5.74) is 5.50. The molecule has 0 saturated carbocycles. The number of nitrogens with zero attached hydrogens (tertiary/aromatic N) is 5. The molecule has 30 heavy (non-hydrogen) atoms. The zero-order valence-corrected chi connectivity index (χ0v) is 18.9. The number of allylic oxidation sites excluding steroid dienone is 2. The molecule has 2 unspecified atom stereocenters. The van der Waals surface area contributed by atoms with Gasteiger partial charge in [0.1, 0.15) is 0 Å². The fourth-order valence-corrected chi connectivity index (χ4v) is 4.47. The van der Waals surface area contributed by atoms with Gasteiger partial charge in [0, 0.05) is 25.0 Å². The molecule has 0 aliphatic carbocycles. The number of imide groups is 1. The predicted octanol–water partition coefficient (Wildman–Crippen LogP) is 3.68. The van der Waals surface area contributed by atoms with Gasteiger partial charge in [-0.3, -0.25) is 19.5 Å². The number of carbonyl (C=O) groups is 2. The second kappa shape index (κ2) is 7.15. The largest absolute Gasteiger partial charge is 0.328 e. The summed E-state index contributed by atoms with van der Waals surface area (Å²) in [7, 11) is 1.75. The Morgan fingerprint density at radius 1 is 1.07 bits per heavy atom. The molecule has 4 rings (SSSR count). The van der Waals surface area contributed by atoms with Crippen LogP contribution in [0.4, 0.5) is 10.5 Å². The normalized spacial score (nSPS) is 23.7. The van der Waals surface area contributed by atoms with E-state index in [0.29, 0.717) is 12.5 Å². The number of benzene rings is 1. The monoisotopic (exact) mass is 409 g/mol. The molecule has 3 aliphatic rings. The van der Waals surface area contributed by atoms with E-state index >= 15 is 0 Å². The second-order valence-corrected chi connectivity index (χ2v) is 8.95. The van der Waals surface area contributed by atoms with Gasteiger partial charge in [-0.05, 0) is 57.2 Å². The fraction of sp³-hybridized carbons (Fsp3) is 0.522. The number of anilines is 1. The molecule has 7 nitrogen and oxygen atoms in total. The lowest BCUT2D eigenvalue weighted by molar-refractivity contribution is -0.137. The van der Waals surface area contributed by atoms with Crippen LogP contribution in [0, 0.1) is 19.8 Å². The molecule has 0 aromatic heterocycles. The Labute approximate surface area is 178 Å².